The number of amides is 2. The molecule has 8 heteroatoms. The van der Waals surface area contributed by atoms with Crippen molar-refractivity contribution in [3.8, 4) is 11.1 Å². The van der Waals surface area contributed by atoms with Crippen molar-refractivity contribution in [2.24, 2.45) is 0 Å². The molecule has 1 atom stereocenters. The van der Waals surface area contributed by atoms with E-state index in [4.69, 9.17) is 0 Å². The topological polar surface area (TPSA) is 61.4 Å². The second kappa shape index (κ2) is 11.8. The van der Waals surface area contributed by atoms with Gasteiger partial charge < -0.3 is 15.5 Å². The van der Waals surface area contributed by atoms with Crippen LogP contribution in [0.4, 0.5) is 18.9 Å². The molecule has 0 fully saturated rings. The molecule has 1 heterocycles. The monoisotopic (exact) mass is 523 g/mol. The average molecular weight is 524 g/mol. The second-order valence-corrected chi connectivity index (χ2v) is 9.35. The van der Waals surface area contributed by atoms with E-state index >= 15 is 0 Å². The van der Waals surface area contributed by atoms with Crippen molar-refractivity contribution >= 4 is 17.5 Å². The first-order valence-corrected chi connectivity index (χ1v) is 12.9. The van der Waals surface area contributed by atoms with Crippen molar-refractivity contribution in [1.82, 2.24) is 10.2 Å². The fourth-order valence-corrected chi connectivity index (χ4v) is 4.96. The summed E-state index contributed by atoms with van der Waals surface area (Å²) in [5, 5.41) is 6.45. The van der Waals surface area contributed by atoms with Crippen LogP contribution in [-0.4, -0.2) is 36.3 Å². The minimum absolute atomic E-state index is 0.0726. The minimum atomic E-state index is -4.42. The Morgan fingerprint density at radius 1 is 1.00 bits per heavy atom. The van der Waals surface area contributed by atoms with Crippen molar-refractivity contribution in [2.45, 2.75) is 45.3 Å². The van der Waals surface area contributed by atoms with Crippen LogP contribution in [0.15, 0.2) is 66.7 Å². The Balaban J connectivity index is 1.49. The Hall–Kier alpha value is -3.65. The molecule has 3 aromatic rings. The van der Waals surface area contributed by atoms with Crippen LogP contribution >= 0.6 is 0 Å². The Morgan fingerprint density at radius 2 is 1.71 bits per heavy atom. The van der Waals surface area contributed by atoms with Gasteiger partial charge in [0, 0.05) is 36.8 Å². The number of hydrogen-bond acceptors (Lipinski definition) is 3. The fourth-order valence-electron chi connectivity index (χ4n) is 4.96. The third kappa shape index (κ3) is 6.25. The largest absolute Gasteiger partial charge is 0.416 e. The number of rotatable bonds is 8. The van der Waals surface area contributed by atoms with Gasteiger partial charge in [-0.2, -0.15) is 13.2 Å². The van der Waals surface area contributed by atoms with Gasteiger partial charge in [0.2, 0.25) is 5.91 Å². The highest BCUT2D eigenvalue weighted by Crippen LogP contribution is 2.33. The molecule has 0 aliphatic carbocycles. The highest BCUT2D eigenvalue weighted by atomic mass is 19.4. The fraction of sp³-hybridized carbons (Fsp3) is 0.333. The summed E-state index contributed by atoms with van der Waals surface area (Å²) in [6.07, 6.45) is -2.44. The maximum absolute atomic E-state index is 13.2. The zero-order chi connectivity index (χ0) is 27.3. The first-order chi connectivity index (χ1) is 18.2. The Bertz CT molecular complexity index is 1280. The summed E-state index contributed by atoms with van der Waals surface area (Å²) in [5.74, 6) is -0.185. The molecule has 1 unspecified atom stereocenters. The van der Waals surface area contributed by atoms with Gasteiger partial charge in [-0.1, -0.05) is 36.4 Å². The smallest absolute Gasteiger partial charge is 0.343 e. The maximum atomic E-state index is 13.2. The third-order valence-corrected chi connectivity index (χ3v) is 7.02. The molecule has 5 nitrogen and oxygen atoms in total. The molecule has 0 radical (unpaired) electrons. The summed E-state index contributed by atoms with van der Waals surface area (Å²) in [6, 6.07) is 17.5. The maximum Gasteiger partial charge on any atom is 0.416 e. The molecule has 0 aromatic heterocycles. The third-order valence-electron chi connectivity index (χ3n) is 7.02. The number of carbonyl (C=O) groups is 2. The SMILES string of the molecule is CCN(CC)C(=O)CCC1NCCc2cc(NC(=O)c3ccccc3-c3ccc(C(F)(F)F)cc3)ccc21. The lowest BCUT2D eigenvalue weighted by atomic mass is 9.91. The number of fused-ring (bicyclic) bond motifs is 1. The van der Waals surface area contributed by atoms with Crippen LogP contribution in [0.2, 0.25) is 0 Å². The highest BCUT2D eigenvalue weighted by Gasteiger charge is 2.30. The molecule has 0 saturated heterocycles. The standard InChI is InChI=1S/C30H32F3N3O2/c1-3-36(4-2)28(37)16-15-27-25-14-13-23(19-21(25)17-18-34-27)35-29(38)26-8-6-5-7-24(26)20-9-11-22(12-10-20)30(31,32)33/h5-14,19,27,34H,3-4,15-18H2,1-2H3,(H,35,38). The van der Waals surface area contributed by atoms with Gasteiger partial charge in [0.1, 0.15) is 0 Å². The molecule has 200 valence electrons. The van der Waals surface area contributed by atoms with Crippen LogP contribution in [0, 0.1) is 0 Å². The molecule has 0 saturated carbocycles. The van der Waals surface area contributed by atoms with E-state index in [0.717, 1.165) is 36.2 Å². The highest BCUT2D eigenvalue weighted by molar-refractivity contribution is 6.08. The lowest BCUT2D eigenvalue weighted by Gasteiger charge is -2.28. The molecule has 2 N–H and O–H groups in total. The van der Waals surface area contributed by atoms with Crippen molar-refractivity contribution < 1.29 is 22.8 Å². The number of anilines is 1. The zero-order valence-electron chi connectivity index (χ0n) is 21.6. The van der Waals surface area contributed by atoms with E-state index in [1.807, 2.05) is 36.9 Å². The summed E-state index contributed by atoms with van der Waals surface area (Å²) in [7, 11) is 0. The van der Waals surface area contributed by atoms with Gasteiger partial charge in [0.05, 0.1) is 5.56 Å². The van der Waals surface area contributed by atoms with Crippen LogP contribution in [0.5, 0.6) is 0 Å². The molecule has 0 bridgehead atoms. The van der Waals surface area contributed by atoms with Gasteiger partial charge in [-0.25, -0.2) is 0 Å². The number of carbonyl (C=O) groups excluding carboxylic acids is 2. The number of benzene rings is 3. The van der Waals surface area contributed by atoms with Crippen molar-refractivity contribution in [1.29, 1.82) is 0 Å². The molecule has 2 amide bonds. The molecular weight excluding hydrogens is 491 g/mol. The van der Waals surface area contributed by atoms with Crippen molar-refractivity contribution in [3.63, 3.8) is 0 Å². The van der Waals surface area contributed by atoms with Gasteiger partial charge in [0.25, 0.3) is 5.91 Å². The van der Waals surface area contributed by atoms with E-state index in [2.05, 4.69) is 10.6 Å². The van der Waals surface area contributed by atoms with Crippen LogP contribution in [0.1, 0.15) is 59.8 Å². The van der Waals surface area contributed by atoms with E-state index in [1.165, 1.54) is 12.1 Å². The summed E-state index contributed by atoms with van der Waals surface area (Å²) in [5.41, 5.74) is 3.63. The van der Waals surface area contributed by atoms with E-state index in [0.29, 0.717) is 48.3 Å². The zero-order valence-corrected chi connectivity index (χ0v) is 21.6. The molecule has 38 heavy (non-hydrogen) atoms. The molecule has 1 aliphatic rings. The van der Waals surface area contributed by atoms with Crippen molar-refractivity contribution in [2.75, 3.05) is 25.0 Å². The van der Waals surface area contributed by atoms with E-state index < -0.39 is 11.7 Å². The normalized spacial score (nSPS) is 15.0. The van der Waals surface area contributed by atoms with E-state index in [1.54, 1.807) is 24.3 Å². The van der Waals surface area contributed by atoms with Gasteiger partial charge >= 0.3 is 6.18 Å². The van der Waals surface area contributed by atoms with Gasteiger partial charge in [-0.15, -0.1) is 0 Å². The lowest BCUT2D eigenvalue weighted by Crippen LogP contribution is -2.33. The van der Waals surface area contributed by atoms with Gasteiger partial charge in [0.15, 0.2) is 0 Å². The number of halogens is 3. The number of hydrogen-bond donors (Lipinski definition) is 2. The molecule has 1 aliphatic heterocycles. The molecular formula is C30H32F3N3O2. The molecule has 4 rings (SSSR count). The number of nitrogens with one attached hydrogen (secondary N) is 2. The predicted octanol–water partition coefficient (Wildman–Crippen LogP) is 6.46. The van der Waals surface area contributed by atoms with Gasteiger partial charge in [-0.3, -0.25) is 9.59 Å². The Kier molecular flexibility index (Phi) is 8.52. The van der Waals surface area contributed by atoms with Crippen LogP contribution in [-0.2, 0) is 17.4 Å². The quantitative estimate of drug-likeness (QED) is 0.356. The summed E-state index contributed by atoms with van der Waals surface area (Å²) in [6.45, 7) is 6.15. The Labute approximate surface area is 221 Å². The van der Waals surface area contributed by atoms with Crippen molar-refractivity contribution in [3.05, 3.63) is 89.0 Å². The predicted molar refractivity (Wildman–Crippen MR) is 143 cm³/mol. The number of alkyl halides is 3. The van der Waals surface area contributed by atoms with Crippen LogP contribution in [0.25, 0.3) is 11.1 Å². The van der Waals surface area contributed by atoms with Gasteiger partial charge in [-0.05, 0) is 85.8 Å². The minimum Gasteiger partial charge on any atom is -0.343 e. The van der Waals surface area contributed by atoms with Crippen LogP contribution < -0.4 is 10.6 Å². The summed E-state index contributed by atoms with van der Waals surface area (Å²) < 4.78 is 38.9. The summed E-state index contributed by atoms with van der Waals surface area (Å²) >= 11 is 0. The first-order valence-electron chi connectivity index (χ1n) is 12.9. The summed E-state index contributed by atoms with van der Waals surface area (Å²) in [4.78, 5) is 27.5. The average Bonchev–Trinajstić information content (AvgIpc) is 2.92. The second-order valence-electron chi connectivity index (χ2n) is 9.35. The van der Waals surface area contributed by atoms with E-state index in [-0.39, 0.29) is 17.9 Å². The lowest BCUT2D eigenvalue weighted by molar-refractivity contribution is -0.137. The molecule has 0 spiro atoms. The Morgan fingerprint density at radius 3 is 2.39 bits per heavy atom. The first kappa shape index (κ1) is 27.4. The molecule has 3 aromatic carbocycles. The van der Waals surface area contributed by atoms with E-state index in [9.17, 15) is 22.8 Å². The number of nitrogens with zero attached hydrogens (tertiary/aromatic N) is 1. The van der Waals surface area contributed by atoms with Crippen LogP contribution in [0.3, 0.4) is 0 Å².